The first-order valence-corrected chi connectivity index (χ1v) is 8.53. The molecule has 2 amide bonds. The summed E-state index contributed by atoms with van der Waals surface area (Å²) in [4.78, 5) is 26.8. The van der Waals surface area contributed by atoms with Crippen molar-refractivity contribution in [2.45, 2.75) is 27.3 Å². The van der Waals surface area contributed by atoms with Crippen LogP contribution in [0.2, 0.25) is 0 Å². The molecule has 2 aromatic rings. The zero-order chi connectivity index (χ0) is 19.2. The molecule has 140 valence electrons. The Balaban J connectivity index is 2.16. The Bertz CT molecular complexity index is 733. The van der Waals surface area contributed by atoms with E-state index in [1.165, 1.54) is 0 Å². The lowest BCUT2D eigenvalue weighted by molar-refractivity contribution is -0.123. The van der Waals surface area contributed by atoms with Gasteiger partial charge in [-0.05, 0) is 30.3 Å². The van der Waals surface area contributed by atoms with E-state index in [4.69, 9.17) is 9.15 Å². The molecular weight excluding hydrogens is 332 g/mol. The van der Waals surface area contributed by atoms with Crippen LogP contribution in [0.3, 0.4) is 0 Å². The Labute approximate surface area is 154 Å². The Morgan fingerprint density at radius 1 is 1.19 bits per heavy atom. The molecule has 0 saturated carbocycles. The van der Waals surface area contributed by atoms with Gasteiger partial charge in [0.25, 0.3) is 5.91 Å². The van der Waals surface area contributed by atoms with Crippen LogP contribution in [0.4, 0.5) is 5.69 Å². The van der Waals surface area contributed by atoms with Gasteiger partial charge in [-0.3, -0.25) is 9.59 Å². The van der Waals surface area contributed by atoms with Crippen molar-refractivity contribution < 1.29 is 18.7 Å². The van der Waals surface area contributed by atoms with Gasteiger partial charge in [-0.15, -0.1) is 0 Å². The lowest BCUT2D eigenvalue weighted by Gasteiger charge is -2.22. The molecule has 1 aromatic carbocycles. The van der Waals surface area contributed by atoms with Crippen molar-refractivity contribution in [1.82, 2.24) is 4.90 Å². The average molecular weight is 358 g/mol. The number of hydrogen-bond acceptors (Lipinski definition) is 4. The molecule has 1 aromatic heterocycles. The van der Waals surface area contributed by atoms with Crippen LogP contribution in [0.5, 0.6) is 0 Å². The highest BCUT2D eigenvalue weighted by Crippen LogP contribution is 2.19. The summed E-state index contributed by atoms with van der Waals surface area (Å²) in [6.45, 7) is 6.74. The topological polar surface area (TPSA) is 71.8 Å². The lowest BCUT2D eigenvalue weighted by atomic mass is 9.95. The molecule has 6 nitrogen and oxygen atoms in total. The van der Waals surface area contributed by atoms with E-state index >= 15 is 0 Å². The predicted molar refractivity (Wildman–Crippen MR) is 99.9 cm³/mol. The molecule has 0 spiro atoms. The van der Waals surface area contributed by atoms with Crippen molar-refractivity contribution in [3.8, 4) is 0 Å². The summed E-state index contributed by atoms with van der Waals surface area (Å²) in [7, 11) is 1.60. The molecule has 2 rings (SSSR count). The third-order valence-corrected chi connectivity index (χ3v) is 3.83. The summed E-state index contributed by atoms with van der Waals surface area (Å²) in [5.41, 5.74) is 0.587. The van der Waals surface area contributed by atoms with Gasteiger partial charge in [0.1, 0.15) is 5.76 Å². The Kier molecular flexibility index (Phi) is 6.58. The molecule has 0 aliphatic heterocycles. The monoisotopic (exact) mass is 358 g/mol. The molecule has 0 aliphatic rings. The fourth-order valence-corrected chi connectivity index (χ4v) is 2.28. The number of nitrogens with zero attached hydrogens (tertiary/aromatic N) is 1. The van der Waals surface area contributed by atoms with Gasteiger partial charge >= 0.3 is 0 Å². The number of furan rings is 1. The second-order valence-corrected chi connectivity index (χ2v) is 7.08. The lowest BCUT2D eigenvalue weighted by Crippen LogP contribution is -2.33. The first-order valence-electron chi connectivity index (χ1n) is 8.53. The highest BCUT2D eigenvalue weighted by molar-refractivity contribution is 5.98. The SMILES string of the molecule is COCCN(Cc1ccco1)C(=O)c1cccc(NC(=O)C(C)(C)C)c1. The van der Waals surface area contributed by atoms with Crippen LogP contribution in [0, 0.1) is 5.41 Å². The Morgan fingerprint density at radius 3 is 2.58 bits per heavy atom. The maximum absolute atomic E-state index is 12.9. The highest BCUT2D eigenvalue weighted by atomic mass is 16.5. The summed E-state index contributed by atoms with van der Waals surface area (Å²) in [5.74, 6) is 0.450. The van der Waals surface area contributed by atoms with Crippen LogP contribution < -0.4 is 5.32 Å². The summed E-state index contributed by atoms with van der Waals surface area (Å²) >= 11 is 0. The van der Waals surface area contributed by atoms with E-state index in [2.05, 4.69) is 5.32 Å². The smallest absolute Gasteiger partial charge is 0.254 e. The number of nitrogens with one attached hydrogen (secondary N) is 1. The first-order chi connectivity index (χ1) is 12.3. The predicted octanol–water partition coefficient (Wildman–Crippen LogP) is 3.55. The molecular formula is C20H26N2O4. The van der Waals surface area contributed by atoms with E-state index in [1.807, 2.05) is 26.8 Å². The number of amides is 2. The van der Waals surface area contributed by atoms with Gasteiger partial charge in [-0.2, -0.15) is 0 Å². The summed E-state index contributed by atoms with van der Waals surface area (Å²) in [5, 5.41) is 2.85. The van der Waals surface area contributed by atoms with Gasteiger partial charge < -0.3 is 19.4 Å². The van der Waals surface area contributed by atoms with Crippen molar-refractivity contribution >= 4 is 17.5 Å². The largest absolute Gasteiger partial charge is 0.467 e. The minimum Gasteiger partial charge on any atom is -0.467 e. The van der Waals surface area contributed by atoms with Crippen LogP contribution in [0.25, 0.3) is 0 Å². The molecule has 0 bridgehead atoms. The van der Waals surface area contributed by atoms with Gasteiger partial charge in [-0.25, -0.2) is 0 Å². The van der Waals surface area contributed by atoms with E-state index in [0.29, 0.717) is 36.7 Å². The van der Waals surface area contributed by atoms with Crippen molar-refractivity contribution in [1.29, 1.82) is 0 Å². The number of rotatable bonds is 7. The van der Waals surface area contributed by atoms with Crippen LogP contribution >= 0.6 is 0 Å². The molecule has 1 N–H and O–H groups in total. The number of carbonyl (C=O) groups excluding carboxylic acids is 2. The maximum Gasteiger partial charge on any atom is 0.254 e. The van der Waals surface area contributed by atoms with Crippen molar-refractivity contribution in [2.24, 2.45) is 5.41 Å². The van der Waals surface area contributed by atoms with Gasteiger partial charge in [0.2, 0.25) is 5.91 Å². The fourth-order valence-electron chi connectivity index (χ4n) is 2.28. The molecule has 6 heteroatoms. The van der Waals surface area contributed by atoms with Crippen LogP contribution in [0.15, 0.2) is 47.1 Å². The number of ether oxygens (including phenoxy) is 1. The number of anilines is 1. The maximum atomic E-state index is 12.9. The third kappa shape index (κ3) is 5.46. The van der Waals surface area contributed by atoms with Crippen molar-refractivity contribution in [2.75, 3.05) is 25.6 Å². The molecule has 0 atom stereocenters. The van der Waals surface area contributed by atoms with Crippen LogP contribution in [0.1, 0.15) is 36.9 Å². The molecule has 0 unspecified atom stereocenters. The number of benzene rings is 1. The van der Waals surface area contributed by atoms with E-state index < -0.39 is 5.41 Å². The average Bonchev–Trinajstić information content (AvgIpc) is 3.10. The highest BCUT2D eigenvalue weighted by Gasteiger charge is 2.22. The van der Waals surface area contributed by atoms with Gasteiger partial charge in [0.05, 0.1) is 19.4 Å². The number of hydrogen-bond donors (Lipinski definition) is 1. The summed E-state index contributed by atoms with van der Waals surface area (Å²) in [6.07, 6.45) is 1.58. The number of methoxy groups -OCH3 is 1. The van der Waals surface area contributed by atoms with Crippen LogP contribution in [-0.4, -0.2) is 37.0 Å². The summed E-state index contributed by atoms with van der Waals surface area (Å²) in [6, 6.07) is 10.6. The van der Waals surface area contributed by atoms with Gasteiger partial charge in [0.15, 0.2) is 0 Å². The third-order valence-electron chi connectivity index (χ3n) is 3.83. The van der Waals surface area contributed by atoms with Crippen molar-refractivity contribution in [3.05, 3.63) is 54.0 Å². The van der Waals surface area contributed by atoms with Crippen LogP contribution in [-0.2, 0) is 16.1 Å². The quantitative estimate of drug-likeness (QED) is 0.821. The van der Waals surface area contributed by atoms with E-state index in [0.717, 1.165) is 0 Å². The molecule has 0 radical (unpaired) electrons. The van der Waals surface area contributed by atoms with E-state index in [1.54, 1.807) is 48.6 Å². The van der Waals surface area contributed by atoms with E-state index in [9.17, 15) is 9.59 Å². The minimum atomic E-state index is -0.510. The van der Waals surface area contributed by atoms with Crippen molar-refractivity contribution in [3.63, 3.8) is 0 Å². The number of carbonyl (C=O) groups is 2. The fraction of sp³-hybridized carbons (Fsp3) is 0.400. The van der Waals surface area contributed by atoms with Gasteiger partial charge in [0, 0.05) is 30.3 Å². The first kappa shape index (κ1) is 19.7. The van der Waals surface area contributed by atoms with Gasteiger partial charge in [-0.1, -0.05) is 26.8 Å². The molecule has 0 fully saturated rings. The molecule has 0 saturated heterocycles. The Morgan fingerprint density at radius 2 is 1.96 bits per heavy atom. The standard InChI is InChI=1S/C20H26N2O4/c1-20(2,3)19(24)21-16-8-5-7-15(13-16)18(23)22(10-12-25-4)14-17-9-6-11-26-17/h5-9,11,13H,10,12,14H2,1-4H3,(H,21,24). The summed E-state index contributed by atoms with van der Waals surface area (Å²) < 4.78 is 10.5. The molecule has 0 aliphatic carbocycles. The minimum absolute atomic E-state index is 0.103. The normalized spacial score (nSPS) is 11.2. The second kappa shape index (κ2) is 8.67. The zero-order valence-electron chi connectivity index (χ0n) is 15.7. The van der Waals surface area contributed by atoms with E-state index in [-0.39, 0.29) is 11.8 Å². The Hall–Kier alpha value is -2.60. The molecule has 26 heavy (non-hydrogen) atoms. The zero-order valence-corrected chi connectivity index (χ0v) is 15.7. The second-order valence-electron chi connectivity index (χ2n) is 7.08. The molecule has 1 heterocycles.